The number of carbonyl (C=O) groups is 1. The zero-order valence-electron chi connectivity index (χ0n) is 14.6. The van der Waals surface area contributed by atoms with Crippen LogP contribution in [0.15, 0.2) is 24.3 Å². The summed E-state index contributed by atoms with van der Waals surface area (Å²) in [4.78, 5) is 18.3. The topological polar surface area (TPSA) is 67.4 Å². The molecule has 1 amide bonds. The van der Waals surface area contributed by atoms with Gasteiger partial charge in [-0.2, -0.15) is 4.37 Å². The van der Waals surface area contributed by atoms with Gasteiger partial charge in [-0.15, -0.1) is 0 Å². The van der Waals surface area contributed by atoms with Crippen LogP contribution < -0.4 is 15.0 Å². The van der Waals surface area contributed by atoms with Crippen molar-refractivity contribution in [3.8, 4) is 5.75 Å². The van der Waals surface area contributed by atoms with Crippen LogP contribution in [0.2, 0.25) is 0 Å². The highest BCUT2D eigenvalue weighted by Gasteiger charge is 2.14. The van der Waals surface area contributed by atoms with Crippen molar-refractivity contribution in [1.82, 2.24) is 14.7 Å². The highest BCUT2D eigenvalue weighted by atomic mass is 32.1. The Balaban J connectivity index is 1.95. The number of carbonyl (C=O) groups excluding carboxylic acids is 1. The van der Waals surface area contributed by atoms with Gasteiger partial charge in [-0.25, -0.2) is 4.98 Å². The predicted octanol–water partition coefficient (Wildman–Crippen LogP) is 2.49. The summed E-state index contributed by atoms with van der Waals surface area (Å²) >= 11 is 1.31. The Morgan fingerprint density at radius 1 is 1.46 bits per heavy atom. The third-order valence-electron chi connectivity index (χ3n) is 3.68. The Labute approximate surface area is 147 Å². The number of hydrogen-bond donors (Lipinski definition) is 1. The molecule has 0 radical (unpaired) electrons. The number of methoxy groups -OCH3 is 1. The van der Waals surface area contributed by atoms with E-state index >= 15 is 0 Å². The van der Waals surface area contributed by atoms with Crippen molar-refractivity contribution in [2.75, 3.05) is 25.6 Å². The van der Waals surface area contributed by atoms with Gasteiger partial charge in [-0.05, 0) is 31.0 Å². The van der Waals surface area contributed by atoms with Gasteiger partial charge < -0.3 is 15.0 Å². The molecule has 1 aromatic carbocycles. The second-order valence-electron chi connectivity index (χ2n) is 5.75. The Bertz CT molecular complexity index is 674. The molecule has 0 aliphatic heterocycles. The molecule has 1 N–H and O–H groups in total. The number of ether oxygens (including phenoxy) is 1. The molecule has 0 aliphatic carbocycles. The third-order valence-corrected chi connectivity index (χ3v) is 4.55. The van der Waals surface area contributed by atoms with E-state index in [0.717, 1.165) is 28.7 Å². The summed E-state index contributed by atoms with van der Waals surface area (Å²) in [6.07, 6.45) is 1.56. The van der Waals surface area contributed by atoms with Gasteiger partial charge in [-0.1, -0.05) is 19.1 Å². The van der Waals surface area contributed by atoms with Crippen LogP contribution in [-0.4, -0.2) is 42.0 Å². The van der Waals surface area contributed by atoms with Crippen molar-refractivity contribution in [1.29, 1.82) is 0 Å². The first-order valence-electron chi connectivity index (χ1n) is 7.97. The maximum Gasteiger partial charge on any atom is 0.239 e. The average Bonchev–Trinajstić information content (AvgIpc) is 3.03. The number of nitrogens with zero attached hydrogens (tertiary/aromatic N) is 3. The summed E-state index contributed by atoms with van der Waals surface area (Å²) < 4.78 is 9.62. The quantitative estimate of drug-likeness (QED) is 0.794. The van der Waals surface area contributed by atoms with Crippen molar-refractivity contribution in [3.05, 3.63) is 35.7 Å². The van der Waals surface area contributed by atoms with Gasteiger partial charge in [0.05, 0.1) is 13.7 Å². The fourth-order valence-corrected chi connectivity index (χ4v) is 2.78. The van der Waals surface area contributed by atoms with Crippen LogP contribution >= 0.6 is 11.5 Å². The molecule has 0 saturated heterocycles. The van der Waals surface area contributed by atoms with Crippen LogP contribution in [0.25, 0.3) is 0 Å². The predicted molar refractivity (Wildman–Crippen MR) is 96.9 cm³/mol. The number of benzene rings is 1. The maximum absolute atomic E-state index is 12.0. The summed E-state index contributed by atoms with van der Waals surface area (Å²) in [5.41, 5.74) is 1.09. The second-order valence-corrected chi connectivity index (χ2v) is 6.48. The van der Waals surface area contributed by atoms with Gasteiger partial charge in [-0.3, -0.25) is 4.79 Å². The Kier molecular flexibility index (Phi) is 6.54. The lowest BCUT2D eigenvalue weighted by Crippen LogP contribution is -2.39. The molecule has 6 nitrogen and oxygen atoms in total. The lowest BCUT2D eigenvalue weighted by Gasteiger charge is -2.17. The molecule has 0 spiro atoms. The van der Waals surface area contributed by atoms with Crippen molar-refractivity contribution < 1.29 is 9.53 Å². The molecule has 130 valence electrons. The molecule has 1 atom stereocenters. The number of anilines is 1. The molecular weight excluding hydrogens is 324 g/mol. The van der Waals surface area contributed by atoms with E-state index in [9.17, 15) is 4.79 Å². The zero-order chi connectivity index (χ0) is 17.5. The lowest BCUT2D eigenvalue weighted by molar-refractivity contribution is -0.120. The van der Waals surface area contributed by atoms with E-state index in [-0.39, 0.29) is 18.5 Å². The van der Waals surface area contributed by atoms with E-state index in [2.05, 4.69) is 14.7 Å². The molecule has 24 heavy (non-hydrogen) atoms. The second kappa shape index (κ2) is 8.63. The fourth-order valence-electron chi connectivity index (χ4n) is 2.14. The van der Waals surface area contributed by atoms with Gasteiger partial charge in [0, 0.05) is 31.0 Å². The molecule has 0 saturated carbocycles. The molecular formula is C17H24N4O2S. The van der Waals surface area contributed by atoms with Gasteiger partial charge >= 0.3 is 0 Å². The number of likely N-dealkylation sites (N-methyl/N-ethyl adjacent to an activating group) is 1. The summed E-state index contributed by atoms with van der Waals surface area (Å²) in [5, 5.41) is 3.69. The first-order chi connectivity index (χ1) is 11.5. The first-order valence-corrected chi connectivity index (χ1v) is 8.75. The van der Waals surface area contributed by atoms with Crippen molar-refractivity contribution >= 4 is 22.6 Å². The van der Waals surface area contributed by atoms with Gasteiger partial charge in [0.2, 0.25) is 11.0 Å². The summed E-state index contributed by atoms with van der Waals surface area (Å²) in [7, 11) is 3.50. The van der Waals surface area contributed by atoms with E-state index in [4.69, 9.17) is 4.74 Å². The maximum atomic E-state index is 12.0. The van der Waals surface area contributed by atoms with Gasteiger partial charge in [0.25, 0.3) is 0 Å². The number of amides is 1. The number of hydrogen-bond acceptors (Lipinski definition) is 6. The number of aromatic nitrogens is 2. The van der Waals surface area contributed by atoms with Crippen LogP contribution in [0.4, 0.5) is 5.13 Å². The molecule has 2 rings (SSSR count). The number of nitrogens with one attached hydrogen (secondary N) is 1. The lowest BCUT2D eigenvalue weighted by atomic mass is 10.1. The van der Waals surface area contributed by atoms with Gasteiger partial charge in [0.15, 0.2) is 0 Å². The fraction of sp³-hybridized carbons (Fsp3) is 0.471. The van der Waals surface area contributed by atoms with Crippen LogP contribution in [0, 0.1) is 0 Å². The summed E-state index contributed by atoms with van der Waals surface area (Å²) in [6, 6.07) is 8.04. The number of rotatable bonds is 8. The average molecular weight is 348 g/mol. The van der Waals surface area contributed by atoms with Crippen LogP contribution in [0.5, 0.6) is 5.75 Å². The molecule has 0 aliphatic rings. The van der Waals surface area contributed by atoms with E-state index in [1.54, 1.807) is 7.11 Å². The zero-order valence-corrected chi connectivity index (χ0v) is 15.4. The van der Waals surface area contributed by atoms with E-state index in [1.807, 2.05) is 50.1 Å². The normalized spacial score (nSPS) is 11.8. The Morgan fingerprint density at radius 2 is 2.25 bits per heavy atom. The molecule has 0 unspecified atom stereocenters. The first kappa shape index (κ1) is 18.2. The smallest absolute Gasteiger partial charge is 0.239 e. The molecule has 0 fully saturated rings. The molecule has 7 heteroatoms. The van der Waals surface area contributed by atoms with Crippen molar-refractivity contribution in [2.45, 2.75) is 32.7 Å². The SMILES string of the molecule is CC[C@H](C)NC(=O)CN(C)c1nc(Cc2cccc(OC)c2)ns1. The highest BCUT2D eigenvalue weighted by Crippen LogP contribution is 2.19. The van der Waals surface area contributed by atoms with Crippen molar-refractivity contribution in [2.24, 2.45) is 0 Å². The molecule has 2 aromatic rings. The minimum atomic E-state index is -0.00334. The van der Waals surface area contributed by atoms with Crippen molar-refractivity contribution in [3.63, 3.8) is 0 Å². The largest absolute Gasteiger partial charge is 0.497 e. The summed E-state index contributed by atoms with van der Waals surface area (Å²) in [5.74, 6) is 1.57. The van der Waals surface area contributed by atoms with E-state index in [1.165, 1.54) is 11.5 Å². The third kappa shape index (κ3) is 5.19. The highest BCUT2D eigenvalue weighted by molar-refractivity contribution is 7.09. The van der Waals surface area contributed by atoms with Gasteiger partial charge in [0.1, 0.15) is 11.6 Å². The van der Waals surface area contributed by atoms with Crippen LogP contribution in [-0.2, 0) is 11.2 Å². The monoisotopic (exact) mass is 348 g/mol. The Morgan fingerprint density at radius 3 is 2.96 bits per heavy atom. The Hall–Kier alpha value is -2.15. The minimum absolute atomic E-state index is 0.00334. The minimum Gasteiger partial charge on any atom is -0.497 e. The molecule has 0 bridgehead atoms. The standard InChI is InChI=1S/C17H24N4O2S/c1-5-12(2)18-16(22)11-21(3)17-19-15(20-24-17)10-13-7-6-8-14(9-13)23-4/h6-9,12H,5,10-11H2,1-4H3,(H,18,22)/t12-/m0/s1. The molecule has 1 heterocycles. The van der Waals surface area contributed by atoms with E-state index < -0.39 is 0 Å². The molecule has 1 aromatic heterocycles. The van der Waals surface area contributed by atoms with E-state index in [0.29, 0.717) is 6.42 Å². The van der Waals surface area contributed by atoms with Crippen LogP contribution in [0.3, 0.4) is 0 Å². The summed E-state index contributed by atoms with van der Waals surface area (Å²) in [6.45, 7) is 4.32. The van der Waals surface area contributed by atoms with Crippen LogP contribution in [0.1, 0.15) is 31.7 Å².